The van der Waals surface area contributed by atoms with Crippen LogP contribution in [0.2, 0.25) is 0 Å². The van der Waals surface area contributed by atoms with Crippen molar-refractivity contribution in [2.24, 2.45) is 0 Å². The maximum absolute atomic E-state index is 12.3. The van der Waals surface area contributed by atoms with Crippen molar-refractivity contribution in [1.82, 2.24) is 15.4 Å². The van der Waals surface area contributed by atoms with Gasteiger partial charge in [-0.05, 0) is 36.8 Å². The van der Waals surface area contributed by atoms with Crippen LogP contribution in [0.3, 0.4) is 0 Å². The molecule has 154 valence electrons. The summed E-state index contributed by atoms with van der Waals surface area (Å²) in [5, 5.41) is 14.7. The number of hydrogen-bond acceptors (Lipinski definition) is 8. The minimum Gasteiger partial charge on any atom is -0.497 e. The lowest BCUT2D eigenvalue weighted by Gasteiger charge is -2.16. The monoisotopic (exact) mass is 408 g/mol. The van der Waals surface area contributed by atoms with Gasteiger partial charge < -0.3 is 10.1 Å². The molecule has 1 unspecified atom stereocenters. The molecule has 0 radical (unpaired) electrons. The largest absolute Gasteiger partial charge is 0.497 e. The number of carbonyl (C=O) groups is 1. The van der Waals surface area contributed by atoms with Crippen LogP contribution in [0.5, 0.6) is 5.75 Å². The zero-order valence-electron chi connectivity index (χ0n) is 16.3. The van der Waals surface area contributed by atoms with Crippen LogP contribution in [-0.2, 0) is 0 Å². The predicted molar refractivity (Wildman–Crippen MR) is 111 cm³/mol. The molecule has 30 heavy (non-hydrogen) atoms. The molecule has 0 spiro atoms. The number of carbonyl (C=O) groups excluding carboxylic acids is 1. The molecule has 3 aromatic rings. The standard InChI is InChI=1S/C20H20N6O4/c1-13(14-6-4-3-5-7-14)23-18-17(26(28)29)19(22-12-21-18)24-25-20(27)15-8-10-16(30-2)11-9-15/h3-13H,1-2H3,(H,25,27)(H2,21,22,23,24). The average Bonchev–Trinajstić information content (AvgIpc) is 2.78. The number of rotatable bonds is 8. The lowest BCUT2D eigenvalue weighted by molar-refractivity contribution is -0.383. The van der Waals surface area contributed by atoms with E-state index >= 15 is 0 Å². The smallest absolute Gasteiger partial charge is 0.354 e. The van der Waals surface area contributed by atoms with E-state index in [1.165, 1.54) is 13.4 Å². The number of methoxy groups -OCH3 is 1. The van der Waals surface area contributed by atoms with Gasteiger partial charge in [0.1, 0.15) is 12.1 Å². The zero-order chi connectivity index (χ0) is 21.5. The predicted octanol–water partition coefficient (Wildman–Crippen LogP) is 3.32. The molecule has 1 heterocycles. The van der Waals surface area contributed by atoms with Crippen molar-refractivity contribution in [2.75, 3.05) is 17.9 Å². The fraction of sp³-hybridized carbons (Fsp3) is 0.150. The third-order valence-electron chi connectivity index (χ3n) is 4.30. The molecule has 3 rings (SSSR count). The fourth-order valence-electron chi connectivity index (χ4n) is 2.71. The molecular weight excluding hydrogens is 388 g/mol. The highest BCUT2D eigenvalue weighted by molar-refractivity contribution is 5.95. The molecule has 10 heteroatoms. The number of amides is 1. The van der Waals surface area contributed by atoms with E-state index in [2.05, 4.69) is 26.1 Å². The third kappa shape index (κ3) is 4.79. The topological polar surface area (TPSA) is 131 Å². The minimum atomic E-state index is -0.609. The fourth-order valence-corrected chi connectivity index (χ4v) is 2.71. The van der Waals surface area contributed by atoms with E-state index in [1.807, 2.05) is 37.3 Å². The number of benzene rings is 2. The summed E-state index contributed by atoms with van der Waals surface area (Å²) in [5.41, 5.74) is 5.82. The molecule has 3 N–H and O–H groups in total. The van der Waals surface area contributed by atoms with Gasteiger partial charge in [-0.15, -0.1) is 0 Å². The van der Waals surface area contributed by atoms with Gasteiger partial charge in [-0.1, -0.05) is 30.3 Å². The quantitative estimate of drug-likeness (QED) is 0.382. The normalized spacial score (nSPS) is 11.3. The molecule has 1 atom stereocenters. The van der Waals surface area contributed by atoms with Crippen LogP contribution in [0.25, 0.3) is 0 Å². The Balaban J connectivity index is 1.77. The first-order valence-electron chi connectivity index (χ1n) is 9.01. The van der Waals surface area contributed by atoms with Crippen molar-refractivity contribution in [3.63, 3.8) is 0 Å². The van der Waals surface area contributed by atoms with E-state index in [9.17, 15) is 14.9 Å². The van der Waals surface area contributed by atoms with Crippen molar-refractivity contribution in [3.8, 4) is 5.75 Å². The lowest BCUT2D eigenvalue weighted by Crippen LogP contribution is -2.30. The maximum atomic E-state index is 12.3. The number of hydrazine groups is 1. The van der Waals surface area contributed by atoms with E-state index in [4.69, 9.17) is 4.74 Å². The summed E-state index contributed by atoms with van der Waals surface area (Å²) in [6.45, 7) is 1.86. The van der Waals surface area contributed by atoms with Gasteiger partial charge in [0.05, 0.1) is 18.1 Å². The van der Waals surface area contributed by atoms with Gasteiger partial charge in [-0.2, -0.15) is 0 Å². The number of aromatic nitrogens is 2. The van der Waals surface area contributed by atoms with E-state index in [-0.39, 0.29) is 23.4 Å². The summed E-state index contributed by atoms with van der Waals surface area (Å²) >= 11 is 0. The van der Waals surface area contributed by atoms with Gasteiger partial charge in [-0.3, -0.25) is 25.8 Å². The molecule has 0 bridgehead atoms. The lowest BCUT2D eigenvalue weighted by atomic mass is 10.1. The van der Waals surface area contributed by atoms with Gasteiger partial charge in [-0.25, -0.2) is 9.97 Å². The number of nitro groups is 1. The summed E-state index contributed by atoms with van der Waals surface area (Å²) in [6.07, 6.45) is 1.18. The maximum Gasteiger partial charge on any atom is 0.354 e. The van der Waals surface area contributed by atoms with Crippen molar-refractivity contribution in [2.45, 2.75) is 13.0 Å². The summed E-state index contributed by atoms with van der Waals surface area (Å²) in [6, 6.07) is 15.6. The van der Waals surface area contributed by atoms with Crippen LogP contribution in [-0.4, -0.2) is 27.9 Å². The SMILES string of the molecule is COc1ccc(C(=O)NNc2ncnc(NC(C)c3ccccc3)c2[N+](=O)[O-])cc1. The Morgan fingerprint density at radius 1 is 1.07 bits per heavy atom. The average molecular weight is 408 g/mol. The molecule has 0 aliphatic heterocycles. The van der Waals surface area contributed by atoms with Gasteiger partial charge in [0, 0.05) is 5.56 Å². The van der Waals surface area contributed by atoms with Crippen molar-refractivity contribution in [1.29, 1.82) is 0 Å². The molecule has 10 nitrogen and oxygen atoms in total. The van der Waals surface area contributed by atoms with Gasteiger partial charge in [0.2, 0.25) is 11.6 Å². The summed E-state index contributed by atoms with van der Waals surface area (Å²) in [5.74, 6) is 0.0131. The van der Waals surface area contributed by atoms with Gasteiger partial charge in [0.15, 0.2) is 0 Å². The molecule has 0 aliphatic carbocycles. The third-order valence-corrected chi connectivity index (χ3v) is 4.30. The highest BCUT2D eigenvalue weighted by atomic mass is 16.6. The number of ether oxygens (including phenoxy) is 1. The summed E-state index contributed by atoms with van der Waals surface area (Å²) in [7, 11) is 1.52. The molecule has 0 saturated carbocycles. The second-order valence-electron chi connectivity index (χ2n) is 6.26. The highest BCUT2D eigenvalue weighted by Gasteiger charge is 2.24. The number of nitrogens with zero attached hydrogens (tertiary/aromatic N) is 3. The number of hydrogen-bond donors (Lipinski definition) is 3. The van der Waals surface area contributed by atoms with Crippen molar-refractivity contribution >= 4 is 23.2 Å². The highest BCUT2D eigenvalue weighted by Crippen LogP contribution is 2.31. The van der Waals surface area contributed by atoms with E-state index in [0.717, 1.165) is 5.56 Å². The van der Waals surface area contributed by atoms with E-state index < -0.39 is 10.8 Å². The molecule has 1 aromatic heterocycles. The molecule has 0 aliphatic rings. The minimum absolute atomic E-state index is 0.0348. The molecule has 0 fully saturated rings. The molecule has 1 amide bonds. The second kappa shape index (κ2) is 9.32. The second-order valence-corrected chi connectivity index (χ2v) is 6.26. The van der Waals surface area contributed by atoms with Crippen molar-refractivity contribution < 1.29 is 14.5 Å². The Morgan fingerprint density at radius 2 is 1.73 bits per heavy atom. The Hall–Kier alpha value is -4.21. The molecular formula is C20H20N6O4. The van der Waals surface area contributed by atoms with Gasteiger partial charge >= 0.3 is 5.69 Å². The van der Waals surface area contributed by atoms with Crippen molar-refractivity contribution in [3.05, 3.63) is 82.2 Å². The Labute approximate surface area is 172 Å². The summed E-state index contributed by atoms with van der Waals surface area (Å²) < 4.78 is 5.05. The van der Waals surface area contributed by atoms with Crippen LogP contribution < -0.4 is 20.9 Å². The van der Waals surface area contributed by atoms with Crippen LogP contribution in [0.15, 0.2) is 60.9 Å². The zero-order valence-corrected chi connectivity index (χ0v) is 16.3. The summed E-state index contributed by atoms with van der Waals surface area (Å²) in [4.78, 5) is 31.3. The van der Waals surface area contributed by atoms with Crippen LogP contribution in [0.1, 0.15) is 28.9 Å². The first kappa shape index (κ1) is 20.5. The Morgan fingerprint density at radius 3 is 2.37 bits per heavy atom. The van der Waals surface area contributed by atoms with Gasteiger partial charge in [0.25, 0.3) is 5.91 Å². The van der Waals surface area contributed by atoms with Crippen LogP contribution in [0, 0.1) is 10.1 Å². The number of nitrogens with one attached hydrogen (secondary N) is 3. The van der Waals surface area contributed by atoms with E-state index in [1.54, 1.807) is 24.3 Å². The van der Waals surface area contributed by atoms with Crippen LogP contribution in [0.4, 0.5) is 17.3 Å². The molecule has 2 aromatic carbocycles. The van der Waals surface area contributed by atoms with E-state index in [0.29, 0.717) is 11.3 Å². The Bertz CT molecular complexity index is 1030. The first-order chi connectivity index (χ1) is 14.5. The van der Waals surface area contributed by atoms with Crippen LogP contribution >= 0.6 is 0 Å². The first-order valence-corrected chi connectivity index (χ1v) is 9.01. The Kier molecular flexibility index (Phi) is 6.38. The molecule has 0 saturated heterocycles. The number of anilines is 2.